The summed E-state index contributed by atoms with van der Waals surface area (Å²) in [5.74, 6) is 0. The number of ether oxygens (including phenoxy) is 3. The summed E-state index contributed by atoms with van der Waals surface area (Å²) in [6, 6.07) is 0. The molecule has 5 heteroatoms. The Morgan fingerprint density at radius 2 is 1.93 bits per heavy atom. The second-order valence-electron chi connectivity index (χ2n) is 3.34. The van der Waals surface area contributed by atoms with Gasteiger partial charge in [0.15, 0.2) is 0 Å². The molecule has 0 aromatic carbocycles. The lowest BCUT2D eigenvalue weighted by atomic mass is 10.4. The monoisotopic (exact) mass is 205 g/mol. The molecule has 0 aromatic heterocycles. The van der Waals surface area contributed by atoms with Crippen molar-refractivity contribution >= 4 is 0 Å². The van der Waals surface area contributed by atoms with Gasteiger partial charge in [-0.15, -0.1) is 0 Å². The molecule has 3 unspecified atom stereocenters. The fourth-order valence-corrected chi connectivity index (χ4v) is 0.888. The molecule has 1 aliphatic heterocycles. The molecule has 1 aliphatic rings. The molecule has 2 N–H and O–H groups in total. The highest BCUT2D eigenvalue weighted by molar-refractivity contribution is 4.67. The Kier molecular flexibility index (Phi) is 5.36. The van der Waals surface area contributed by atoms with Crippen LogP contribution in [-0.2, 0) is 14.2 Å². The lowest BCUT2D eigenvalue weighted by Crippen LogP contribution is -2.25. The van der Waals surface area contributed by atoms with Crippen molar-refractivity contribution in [1.82, 2.24) is 0 Å². The Hall–Kier alpha value is -0.200. The maximum absolute atomic E-state index is 9.30. The standard InChI is InChI=1S/C9H17O5/c1-7(10)2-12-3-8(11)4-13-5-9-6-14-9/h7-11H,1-6H2. The fourth-order valence-electron chi connectivity index (χ4n) is 0.888. The van der Waals surface area contributed by atoms with Gasteiger partial charge in [-0.1, -0.05) is 0 Å². The third kappa shape index (κ3) is 6.28. The van der Waals surface area contributed by atoms with E-state index in [1.807, 2.05) is 0 Å². The molecule has 1 fully saturated rings. The smallest absolute Gasteiger partial charge is 0.104 e. The van der Waals surface area contributed by atoms with Gasteiger partial charge in [-0.05, 0) is 6.92 Å². The summed E-state index contributed by atoms with van der Waals surface area (Å²) in [6.45, 7) is 5.11. The molecule has 5 nitrogen and oxygen atoms in total. The van der Waals surface area contributed by atoms with Gasteiger partial charge in [-0.2, -0.15) is 0 Å². The van der Waals surface area contributed by atoms with E-state index in [2.05, 4.69) is 6.92 Å². The lowest BCUT2D eigenvalue weighted by Gasteiger charge is -2.12. The lowest BCUT2D eigenvalue weighted by molar-refractivity contribution is -0.0349. The summed E-state index contributed by atoms with van der Waals surface area (Å²) >= 11 is 0. The van der Waals surface area contributed by atoms with E-state index in [1.165, 1.54) is 0 Å². The van der Waals surface area contributed by atoms with Crippen molar-refractivity contribution in [2.75, 3.05) is 33.0 Å². The van der Waals surface area contributed by atoms with Gasteiger partial charge in [0, 0.05) is 0 Å². The molecule has 0 bridgehead atoms. The van der Waals surface area contributed by atoms with Crippen LogP contribution in [0.1, 0.15) is 0 Å². The third-order valence-electron chi connectivity index (χ3n) is 1.64. The SMILES string of the molecule is [CH2]C(O)COCC(O)COCC1CO1. The Labute approximate surface area is 83.6 Å². The average Bonchev–Trinajstić information content (AvgIpc) is 2.87. The molecule has 1 radical (unpaired) electrons. The van der Waals surface area contributed by atoms with E-state index < -0.39 is 12.2 Å². The van der Waals surface area contributed by atoms with Crippen molar-refractivity contribution in [3.05, 3.63) is 6.92 Å². The number of rotatable bonds is 8. The van der Waals surface area contributed by atoms with Gasteiger partial charge in [0.25, 0.3) is 0 Å². The van der Waals surface area contributed by atoms with Crippen LogP contribution in [-0.4, -0.2) is 61.6 Å². The number of hydrogen-bond donors (Lipinski definition) is 2. The van der Waals surface area contributed by atoms with Gasteiger partial charge in [0.1, 0.15) is 12.2 Å². The molecule has 0 saturated carbocycles. The van der Waals surface area contributed by atoms with Crippen LogP contribution in [0.4, 0.5) is 0 Å². The molecular formula is C9H17O5. The van der Waals surface area contributed by atoms with E-state index in [0.29, 0.717) is 6.61 Å². The topological polar surface area (TPSA) is 71.5 Å². The first kappa shape index (κ1) is 11.9. The first-order valence-electron chi connectivity index (χ1n) is 4.64. The summed E-state index contributed by atoms with van der Waals surface area (Å²) in [7, 11) is 0. The Morgan fingerprint density at radius 3 is 2.50 bits per heavy atom. The Balaban J connectivity index is 1.84. The highest BCUT2D eigenvalue weighted by Gasteiger charge is 2.22. The Morgan fingerprint density at radius 1 is 1.29 bits per heavy atom. The van der Waals surface area contributed by atoms with E-state index in [-0.39, 0.29) is 25.9 Å². The van der Waals surface area contributed by atoms with Crippen LogP contribution in [0.25, 0.3) is 0 Å². The number of aliphatic hydroxyl groups is 2. The van der Waals surface area contributed by atoms with Crippen molar-refractivity contribution < 1.29 is 24.4 Å². The summed E-state index contributed by atoms with van der Waals surface area (Å²) in [5.41, 5.74) is 0. The summed E-state index contributed by atoms with van der Waals surface area (Å²) < 4.78 is 15.0. The van der Waals surface area contributed by atoms with Crippen LogP contribution >= 0.6 is 0 Å². The average molecular weight is 205 g/mol. The zero-order chi connectivity index (χ0) is 10.4. The van der Waals surface area contributed by atoms with Crippen LogP contribution in [0.15, 0.2) is 0 Å². The van der Waals surface area contributed by atoms with Crippen LogP contribution in [0.5, 0.6) is 0 Å². The second kappa shape index (κ2) is 6.31. The first-order chi connectivity index (χ1) is 6.68. The second-order valence-corrected chi connectivity index (χ2v) is 3.34. The zero-order valence-electron chi connectivity index (χ0n) is 8.09. The molecule has 1 saturated heterocycles. The summed E-state index contributed by atoms with van der Waals surface area (Å²) in [6.07, 6.45) is -1.19. The first-order valence-corrected chi connectivity index (χ1v) is 4.64. The summed E-state index contributed by atoms with van der Waals surface area (Å²) in [5, 5.41) is 18.1. The van der Waals surface area contributed by atoms with E-state index >= 15 is 0 Å². The number of epoxide rings is 1. The number of aliphatic hydroxyl groups excluding tert-OH is 2. The van der Waals surface area contributed by atoms with Gasteiger partial charge in [-0.3, -0.25) is 0 Å². The highest BCUT2D eigenvalue weighted by Crippen LogP contribution is 2.08. The van der Waals surface area contributed by atoms with Crippen LogP contribution in [0.2, 0.25) is 0 Å². The largest absolute Gasteiger partial charge is 0.391 e. The minimum atomic E-state index is -0.747. The maximum atomic E-state index is 9.30. The molecular weight excluding hydrogens is 188 g/mol. The summed E-state index contributed by atoms with van der Waals surface area (Å²) in [4.78, 5) is 0. The molecule has 3 atom stereocenters. The minimum Gasteiger partial charge on any atom is -0.391 e. The predicted octanol–water partition coefficient (Wildman–Crippen LogP) is -1.03. The highest BCUT2D eigenvalue weighted by atomic mass is 16.6. The normalized spacial score (nSPS) is 24.6. The quantitative estimate of drug-likeness (QED) is 0.496. The molecule has 0 aromatic rings. The fraction of sp³-hybridized carbons (Fsp3) is 0.889. The van der Waals surface area contributed by atoms with Crippen molar-refractivity contribution in [3.63, 3.8) is 0 Å². The van der Waals surface area contributed by atoms with E-state index in [4.69, 9.17) is 19.3 Å². The van der Waals surface area contributed by atoms with Crippen molar-refractivity contribution in [2.24, 2.45) is 0 Å². The molecule has 1 heterocycles. The van der Waals surface area contributed by atoms with Crippen molar-refractivity contribution in [1.29, 1.82) is 0 Å². The van der Waals surface area contributed by atoms with Gasteiger partial charge in [0.05, 0.1) is 39.1 Å². The van der Waals surface area contributed by atoms with Crippen molar-refractivity contribution in [2.45, 2.75) is 18.3 Å². The molecule has 0 amide bonds. The van der Waals surface area contributed by atoms with E-state index in [1.54, 1.807) is 0 Å². The van der Waals surface area contributed by atoms with Crippen LogP contribution in [0.3, 0.4) is 0 Å². The molecule has 1 rings (SSSR count). The molecule has 0 spiro atoms. The van der Waals surface area contributed by atoms with E-state index in [9.17, 15) is 5.11 Å². The van der Waals surface area contributed by atoms with Gasteiger partial charge >= 0.3 is 0 Å². The van der Waals surface area contributed by atoms with Gasteiger partial charge in [-0.25, -0.2) is 0 Å². The Bertz CT molecular complexity index is 138. The van der Waals surface area contributed by atoms with Crippen molar-refractivity contribution in [3.8, 4) is 0 Å². The minimum absolute atomic E-state index is 0.128. The van der Waals surface area contributed by atoms with E-state index in [0.717, 1.165) is 6.61 Å². The molecule has 14 heavy (non-hydrogen) atoms. The van der Waals surface area contributed by atoms with Gasteiger partial charge in [0.2, 0.25) is 0 Å². The zero-order valence-corrected chi connectivity index (χ0v) is 8.09. The van der Waals surface area contributed by atoms with Crippen LogP contribution < -0.4 is 0 Å². The number of hydrogen-bond acceptors (Lipinski definition) is 5. The molecule has 0 aliphatic carbocycles. The van der Waals surface area contributed by atoms with Crippen LogP contribution in [0, 0.1) is 6.92 Å². The third-order valence-corrected chi connectivity index (χ3v) is 1.64. The molecule has 83 valence electrons. The van der Waals surface area contributed by atoms with Gasteiger partial charge < -0.3 is 24.4 Å². The predicted molar refractivity (Wildman–Crippen MR) is 48.7 cm³/mol. The maximum Gasteiger partial charge on any atom is 0.104 e.